The number of hydrogen-bond donors (Lipinski definition) is 1. The lowest BCUT2D eigenvalue weighted by Crippen LogP contribution is -2.15. The van der Waals surface area contributed by atoms with E-state index in [1.807, 2.05) is 62.7 Å². The van der Waals surface area contributed by atoms with Crippen molar-refractivity contribution in [2.24, 2.45) is 7.05 Å². The molecular formula is C16H20N2O. The van der Waals surface area contributed by atoms with E-state index in [0.717, 1.165) is 28.2 Å². The van der Waals surface area contributed by atoms with Gasteiger partial charge in [-0.1, -0.05) is 18.2 Å². The largest absolute Gasteiger partial charge is 0.377 e. The van der Waals surface area contributed by atoms with Crippen molar-refractivity contribution in [2.45, 2.75) is 20.8 Å². The van der Waals surface area contributed by atoms with E-state index in [-0.39, 0.29) is 5.78 Å². The Hall–Kier alpha value is -2.03. The summed E-state index contributed by atoms with van der Waals surface area (Å²) in [6.07, 6.45) is 0. The van der Waals surface area contributed by atoms with Gasteiger partial charge in [0, 0.05) is 29.7 Å². The van der Waals surface area contributed by atoms with Crippen molar-refractivity contribution in [1.29, 1.82) is 0 Å². The maximum Gasteiger partial charge on any atom is 0.183 e. The Morgan fingerprint density at radius 3 is 2.47 bits per heavy atom. The van der Waals surface area contributed by atoms with Crippen LogP contribution in [0, 0.1) is 20.8 Å². The summed E-state index contributed by atoms with van der Waals surface area (Å²) in [5, 5.41) is 3.21. The average molecular weight is 256 g/mol. The minimum atomic E-state index is 0.129. The lowest BCUT2D eigenvalue weighted by Gasteiger charge is -2.08. The van der Waals surface area contributed by atoms with Gasteiger partial charge in [-0.3, -0.25) is 4.79 Å². The van der Waals surface area contributed by atoms with Crippen LogP contribution in [0.1, 0.15) is 27.3 Å². The Kier molecular flexibility index (Phi) is 3.74. The van der Waals surface area contributed by atoms with Crippen LogP contribution in [-0.4, -0.2) is 16.9 Å². The third kappa shape index (κ3) is 2.70. The molecular weight excluding hydrogens is 236 g/mol. The SMILES string of the molecule is Cc1ccccc1NCC(=O)c1cc(C)n(C)c1C. The highest BCUT2D eigenvalue weighted by Crippen LogP contribution is 2.16. The van der Waals surface area contributed by atoms with Gasteiger partial charge < -0.3 is 9.88 Å². The van der Waals surface area contributed by atoms with Crippen molar-refractivity contribution in [3.05, 3.63) is 52.8 Å². The number of carbonyl (C=O) groups is 1. The minimum Gasteiger partial charge on any atom is -0.377 e. The molecule has 0 aliphatic rings. The summed E-state index contributed by atoms with van der Waals surface area (Å²) in [7, 11) is 1.98. The molecule has 19 heavy (non-hydrogen) atoms. The number of nitrogens with one attached hydrogen (secondary N) is 1. The van der Waals surface area contributed by atoms with Crippen LogP contribution in [0.4, 0.5) is 5.69 Å². The van der Waals surface area contributed by atoms with Gasteiger partial charge in [-0.15, -0.1) is 0 Å². The van der Waals surface area contributed by atoms with E-state index in [0.29, 0.717) is 6.54 Å². The zero-order chi connectivity index (χ0) is 14.0. The van der Waals surface area contributed by atoms with Gasteiger partial charge in [0.25, 0.3) is 0 Å². The quantitative estimate of drug-likeness (QED) is 0.852. The van der Waals surface area contributed by atoms with Crippen LogP contribution in [-0.2, 0) is 7.05 Å². The highest BCUT2D eigenvalue weighted by molar-refractivity contribution is 6.00. The van der Waals surface area contributed by atoms with E-state index < -0.39 is 0 Å². The van der Waals surface area contributed by atoms with Gasteiger partial charge in [0.05, 0.1) is 6.54 Å². The summed E-state index contributed by atoms with van der Waals surface area (Å²) >= 11 is 0. The number of para-hydroxylation sites is 1. The first-order valence-corrected chi connectivity index (χ1v) is 6.46. The second-order valence-electron chi connectivity index (χ2n) is 4.94. The number of carbonyl (C=O) groups excluding carboxylic acids is 1. The molecule has 3 nitrogen and oxygen atoms in total. The van der Waals surface area contributed by atoms with Crippen LogP contribution in [0.25, 0.3) is 0 Å². The summed E-state index contributed by atoms with van der Waals surface area (Å²) in [6, 6.07) is 9.94. The molecule has 3 heteroatoms. The molecule has 1 N–H and O–H groups in total. The fourth-order valence-electron chi connectivity index (χ4n) is 2.18. The van der Waals surface area contributed by atoms with Gasteiger partial charge in [-0.25, -0.2) is 0 Å². The molecule has 1 heterocycles. The van der Waals surface area contributed by atoms with E-state index in [9.17, 15) is 4.79 Å². The fraction of sp³-hybridized carbons (Fsp3) is 0.312. The summed E-state index contributed by atoms with van der Waals surface area (Å²) in [4.78, 5) is 12.2. The third-order valence-corrected chi connectivity index (χ3v) is 3.66. The van der Waals surface area contributed by atoms with Gasteiger partial charge in [0.15, 0.2) is 5.78 Å². The molecule has 1 aromatic carbocycles. The normalized spacial score (nSPS) is 10.5. The minimum absolute atomic E-state index is 0.129. The van der Waals surface area contributed by atoms with E-state index in [1.54, 1.807) is 0 Å². The summed E-state index contributed by atoms with van der Waals surface area (Å²) in [5.74, 6) is 0.129. The second-order valence-corrected chi connectivity index (χ2v) is 4.94. The molecule has 2 aromatic rings. The van der Waals surface area contributed by atoms with Crippen molar-refractivity contribution in [2.75, 3.05) is 11.9 Å². The number of nitrogens with zero attached hydrogens (tertiary/aromatic N) is 1. The van der Waals surface area contributed by atoms with E-state index in [2.05, 4.69) is 5.32 Å². The molecule has 0 spiro atoms. The fourth-order valence-corrected chi connectivity index (χ4v) is 2.18. The van der Waals surface area contributed by atoms with Gasteiger partial charge in [0.2, 0.25) is 0 Å². The first-order valence-electron chi connectivity index (χ1n) is 6.46. The summed E-state index contributed by atoms with van der Waals surface area (Å²) in [5.41, 5.74) is 5.10. The third-order valence-electron chi connectivity index (χ3n) is 3.66. The zero-order valence-corrected chi connectivity index (χ0v) is 11.9. The predicted molar refractivity (Wildman–Crippen MR) is 78.9 cm³/mol. The molecule has 0 radical (unpaired) electrons. The molecule has 2 rings (SSSR count). The first-order chi connectivity index (χ1) is 9.00. The molecule has 1 aromatic heterocycles. The lowest BCUT2D eigenvalue weighted by atomic mass is 10.1. The van der Waals surface area contributed by atoms with E-state index in [4.69, 9.17) is 0 Å². The van der Waals surface area contributed by atoms with Gasteiger partial charge >= 0.3 is 0 Å². The number of rotatable bonds is 4. The van der Waals surface area contributed by atoms with Crippen LogP contribution in [0.3, 0.4) is 0 Å². The van der Waals surface area contributed by atoms with Crippen LogP contribution < -0.4 is 5.32 Å². The Bertz CT molecular complexity index is 611. The number of hydrogen-bond acceptors (Lipinski definition) is 2. The van der Waals surface area contributed by atoms with Crippen molar-refractivity contribution >= 4 is 11.5 Å². The van der Waals surface area contributed by atoms with E-state index in [1.165, 1.54) is 0 Å². The number of ketones is 1. The van der Waals surface area contributed by atoms with Crippen molar-refractivity contribution in [3.8, 4) is 0 Å². The second kappa shape index (κ2) is 5.31. The molecule has 0 unspecified atom stereocenters. The zero-order valence-electron chi connectivity index (χ0n) is 11.9. The number of aryl methyl sites for hydroxylation is 2. The number of aromatic nitrogens is 1. The highest BCUT2D eigenvalue weighted by Gasteiger charge is 2.13. The van der Waals surface area contributed by atoms with Gasteiger partial charge in [-0.2, -0.15) is 0 Å². The summed E-state index contributed by atoms with van der Waals surface area (Å²) < 4.78 is 2.04. The topological polar surface area (TPSA) is 34.0 Å². The van der Waals surface area contributed by atoms with Gasteiger partial charge in [-0.05, 0) is 38.5 Å². The molecule has 0 saturated carbocycles. The summed E-state index contributed by atoms with van der Waals surface area (Å²) in [6.45, 7) is 6.35. The monoisotopic (exact) mass is 256 g/mol. The van der Waals surface area contributed by atoms with Crippen LogP contribution in [0.2, 0.25) is 0 Å². The lowest BCUT2D eigenvalue weighted by molar-refractivity contribution is 0.101. The molecule has 0 aliphatic heterocycles. The highest BCUT2D eigenvalue weighted by atomic mass is 16.1. The number of anilines is 1. The Balaban J connectivity index is 2.10. The van der Waals surface area contributed by atoms with Crippen molar-refractivity contribution < 1.29 is 4.79 Å². The maximum atomic E-state index is 12.2. The molecule has 0 bridgehead atoms. The van der Waals surface area contributed by atoms with Gasteiger partial charge in [0.1, 0.15) is 0 Å². The van der Waals surface area contributed by atoms with Crippen molar-refractivity contribution in [1.82, 2.24) is 4.57 Å². The number of Topliss-reactive ketones (excluding diaryl/α,β-unsaturated/α-hetero) is 1. The molecule has 0 atom stereocenters. The smallest absolute Gasteiger partial charge is 0.183 e. The maximum absolute atomic E-state index is 12.2. The molecule has 100 valence electrons. The predicted octanol–water partition coefficient (Wildman–Crippen LogP) is 3.25. The van der Waals surface area contributed by atoms with Crippen LogP contribution in [0.5, 0.6) is 0 Å². The molecule has 0 aliphatic carbocycles. The number of benzene rings is 1. The average Bonchev–Trinajstić information content (AvgIpc) is 2.65. The molecule has 0 fully saturated rings. The van der Waals surface area contributed by atoms with Crippen LogP contribution >= 0.6 is 0 Å². The molecule has 0 saturated heterocycles. The Morgan fingerprint density at radius 2 is 1.89 bits per heavy atom. The first kappa shape index (κ1) is 13.4. The van der Waals surface area contributed by atoms with Crippen molar-refractivity contribution in [3.63, 3.8) is 0 Å². The molecule has 0 amide bonds. The Labute approximate surface area is 114 Å². The van der Waals surface area contributed by atoms with E-state index >= 15 is 0 Å². The standard InChI is InChI=1S/C16H20N2O/c1-11-7-5-6-8-15(11)17-10-16(19)14-9-12(2)18(4)13(14)3/h5-9,17H,10H2,1-4H3. The Morgan fingerprint density at radius 1 is 1.21 bits per heavy atom. The van der Waals surface area contributed by atoms with Crippen LogP contribution in [0.15, 0.2) is 30.3 Å².